The molecule has 0 radical (unpaired) electrons. The number of benzene rings is 1. The van der Waals surface area contributed by atoms with Crippen LogP contribution < -0.4 is 5.32 Å². The second-order valence-corrected chi connectivity index (χ2v) is 5.66. The first-order chi connectivity index (χ1) is 10.0. The summed E-state index contributed by atoms with van der Waals surface area (Å²) in [7, 11) is 0. The lowest BCUT2D eigenvalue weighted by molar-refractivity contribution is 0.0696. The monoisotopic (exact) mass is 366 g/mol. The first-order valence-corrected chi connectivity index (χ1v) is 7.88. The molecular formula is C14H11BrN2O3S. The molecule has 0 saturated carbocycles. The molecule has 1 aromatic carbocycles. The van der Waals surface area contributed by atoms with Crippen molar-refractivity contribution in [2.24, 2.45) is 0 Å². The zero-order valence-electron chi connectivity index (χ0n) is 11.0. The van der Waals surface area contributed by atoms with Gasteiger partial charge in [-0.05, 0) is 52.5 Å². The molecule has 1 amide bonds. The number of carboxylic acids is 1. The summed E-state index contributed by atoms with van der Waals surface area (Å²) in [6.45, 7) is 0. The van der Waals surface area contributed by atoms with Gasteiger partial charge >= 0.3 is 5.97 Å². The van der Waals surface area contributed by atoms with E-state index in [-0.39, 0.29) is 11.5 Å². The van der Waals surface area contributed by atoms with Crippen LogP contribution in [0.3, 0.4) is 0 Å². The highest BCUT2D eigenvalue weighted by Crippen LogP contribution is 2.25. The summed E-state index contributed by atoms with van der Waals surface area (Å²) in [4.78, 5) is 27.3. The molecule has 2 N–H and O–H groups in total. The number of carbonyl (C=O) groups excluding carboxylic acids is 1. The van der Waals surface area contributed by atoms with Crippen molar-refractivity contribution in [3.8, 4) is 0 Å². The Morgan fingerprint density at radius 3 is 2.71 bits per heavy atom. The zero-order chi connectivity index (χ0) is 15.4. The second kappa shape index (κ2) is 6.73. The van der Waals surface area contributed by atoms with E-state index in [0.717, 1.165) is 0 Å². The van der Waals surface area contributed by atoms with Gasteiger partial charge in [-0.3, -0.25) is 4.79 Å². The number of aromatic nitrogens is 1. The van der Waals surface area contributed by atoms with Gasteiger partial charge in [-0.2, -0.15) is 0 Å². The van der Waals surface area contributed by atoms with Crippen molar-refractivity contribution >= 4 is 45.3 Å². The highest BCUT2D eigenvalue weighted by molar-refractivity contribution is 9.10. The maximum atomic E-state index is 12.3. The predicted octanol–water partition coefficient (Wildman–Crippen LogP) is 3.52. The molecule has 0 saturated heterocycles. The molecule has 0 bridgehead atoms. The van der Waals surface area contributed by atoms with E-state index in [1.165, 1.54) is 23.9 Å². The average molecular weight is 367 g/mol. The number of rotatable bonds is 4. The number of halogens is 1. The fourth-order valence-corrected chi connectivity index (χ4v) is 2.69. The first-order valence-electron chi connectivity index (χ1n) is 5.86. The number of nitrogens with one attached hydrogen (secondary N) is 1. The molecule has 0 fully saturated rings. The molecular weight excluding hydrogens is 356 g/mol. The van der Waals surface area contributed by atoms with Crippen molar-refractivity contribution in [3.05, 3.63) is 52.1 Å². The summed E-state index contributed by atoms with van der Waals surface area (Å²) >= 11 is 4.64. The molecule has 1 heterocycles. The number of hydrogen-bond donors (Lipinski definition) is 2. The van der Waals surface area contributed by atoms with Crippen molar-refractivity contribution in [3.63, 3.8) is 0 Å². The van der Waals surface area contributed by atoms with Gasteiger partial charge in [-0.25, -0.2) is 9.78 Å². The van der Waals surface area contributed by atoms with E-state index < -0.39 is 5.97 Å². The Morgan fingerprint density at radius 2 is 2.10 bits per heavy atom. The SMILES string of the molecule is CSc1ncccc1C(=O)Nc1ccc(C(=O)O)cc1Br. The molecule has 0 unspecified atom stereocenters. The Bertz CT molecular complexity index is 706. The van der Waals surface area contributed by atoms with Gasteiger partial charge in [0, 0.05) is 10.7 Å². The van der Waals surface area contributed by atoms with E-state index in [1.54, 1.807) is 24.4 Å². The Balaban J connectivity index is 2.26. The van der Waals surface area contributed by atoms with E-state index in [1.807, 2.05) is 6.26 Å². The number of nitrogens with zero attached hydrogens (tertiary/aromatic N) is 1. The van der Waals surface area contributed by atoms with Crippen molar-refractivity contribution in [2.45, 2.75) is 5.03 Å². The molecule has 2 aromatic rings. The third kappa shape index (κ3) is 3.62. The number of carbonyl (C=O) groups is 2. The van der Waals surface area contributed by atoms with Crippen LogP contribution in [0.15, 0.2) is 46.0 Å². The minimum atomic E-state index is -1.02. The maximum Gasteiger partial charge on any atom is 0.335 e. The van der Waals surface area contributed by atoms with Crippen LogP contribution in [0.2, 0.25) is 0 Å². The Labute approximate surface area is 133 Å². The van der Waals surface area contributed by atoms with Crippen molar-refractivity contribution in [2.75, 3.05) is 11.6 Å². The number of carboxylic acid groups (broad SMARTS) is 1. The van der Waals surface area contributed by atoms with Gasteiger partial charge in [0.05, 0.1) is 16.8 Å². The normalized spacial score (nSPS) is 10.2. The van der Waals surface area contributed by atoms with Gasteiger partial charge in [-0.15, -0.1) is 11.8 Å². The topological polar surface area (TPSA) is 79.3 Å². The molecule has 2 rings (SSSR count). The van der Waals surface area contributed by atoms with Crippen LogP contribution in [0.5, 0.6) is 0 Å². The summed E-state index contributed by atoms with van der Waals surface area (Å²) in [6, 6.07) is 7.80. The predicted molar refractivity (Wildman–Crippen MR) is 85.1 cm³/mol. The Hall–Kier alpha value is -1.86. The molecule has 0 aliphatic rings. The van der Waals surface area contributed by atoms with Gasteiger partial charge in [0.15, 0.2) is 0 Å². The van der Waals surface area contributed by atoms with Crippen LogP contribution in [0, 0.1) is 0 Å². The summed E-state index contributed by atoms with van der Waals surface area (Å²) in [6.07, 6.45) is 3.47. The number of thioether (sulfide) groups is 1. The largest absolute Gasteiger partial charge is 0.478 e. The lowest BCUT2D eigenvalue weighted by atomic mass is 10.2. The van der Waals surface area contributed by atoms with Gasteiger partial charge in [0.25, 0.3) is 5.91 Å². The molecule has 0 aliphatic carbocycles. The summed E-state index contributed by atoms with van der Waals surface area (Å²) in [5, 5.41) is 12.3. The standard InChI is InChI=1S/C14H11BrN2O3S/c1-21-13-9(3-2-6-16-13)12(18)17-11-5-4-8(14(19)20)7-10(11)15/h2-7H,1H3,(H,17,18)(H,19,20). The first kappa shape index (κ1) is 15.5. The third-order valence-electron chi connectivity index (χ3n) is 2.67. The fourth-order valence-electron chi connectivity index (χ4n) is 1.67. The van der Waals surface area contributed by atoms with Gasteiger partial charge in [0.2, 0.25) is 0 Å². The summed E-state index contributed by atoms with van der Waals surface area (Å²) in [5.41, 5.74) is 1.12. The molecule has 21 heavy (non-hydrogen) atoms. The lowest BCUT2D eigenvalue weighted by Gasteiger charge is -2.09. The number of aromatic carboxylic acids is 1. The Kier molecular flexibility index (Phi) is 4.98. The van der Waals surface area contributed by atoms with Crippen molar-refractivity contribution in [1.82, 2.24) is 4.98 Å². The van der Waals surface area contributed by atoms with E-state index in [4.69, 9.17) is 5.11 Å². The van der Waals surface area contributed by atoms with E-state index in [0.29, 0.717) is 20.7 Å². The summed E-state index contributed by atoms with van der Waals surface area (Å²) < 4.78 is 0.505. The minimum absolute atomic E-state index is 0.144. The molecule has 1 aromatic heterocycles. The number of amides is 1. The molecule has 0 spiro atoms. The number of anilines is 1. The lowest BCUT2D eigenvalue weighted by Crippen LogP contribution is -2.14. The smallest absolute Gasteiger partial charge is 0.335 e. The van der Waals surface area contributed by atoms with Crippen molar-refractivity contribution in [1.29, 1.82) is 0 Å². The highest BCUT2D eigenvalue weighted by Gasteiger charge is 2.14. The molecule has 108 valence electrons. The van der Waals surface area contributed by atoms with E-state index in [9.17, 15) is 9.59 Å². The van der Waals surface area contributed by atoms with Gasteiger partial charge < -0.3 is 10.4 Å². The maximum absolute atomic E-state index is 12.3. The quantitative estimate of drug-likeness (QED) is 0.809. The number of pyridine rings is 1. The average Bonchev–Trinajstić information content (AvgIpc) is 2.48. The minimum Gasteiger partial charge on any atom is -0.478 e. The van der Waals surface area contributed by atoms with Crippen LogP contribution >= 0.6 is 27.7 Å². The van der Waals surface area contributed by atoms with Crippen LogP contribution in [-0.4, -0.2) is 28.2 Å². The highest BCUT2D eigenvalue weighted by atomic mass is 79.9. The Morgan fingerprint density at radius 1 is 1.33 bits per heavy atom. The van der Waals surface area contributed by atoms with Gasteiger partial charge in [-0.1, -0.05) is 0 Å². The van der Waals surface area contributed by atoms with Crippen LogP contribution in [-0.2, 0) is 0 Å². The molecule has 0 aliphatic heterocycles. The second-order valence-electron chi connectivity index (χ2n) is 4.01. The fraction of sp³-hybridized carbons (Fsp3) is 0.0714. The van der Waals surface area contributed by atoms with Crippen LogP contribution in [0.25, 0.3) is 0 Å². The van der Waals surface area contributed by atoms with Crippen molar-refractivity contribution < 1.29 is 14.7 Å². The van der Waals surface area contributed by atoms with E-state index >= 15 is 0 Å². The number of hydrogen-bond acceptors (Lipinski definition) is 4. The zero-order valence-corrected chi connectivity index (χ0v) is 13.4. The van der Waals surface area contributed by atoms with E-state index in [2.05, 4.69) is 26.2 Å². The molecule has 7 heteroatoms. The van der Waals surface area contributed by atoms with Crippen LogP contribution in [0.4, 0.5) is 5.69 Å². The van der Waals surface area contributed by atoms with Crippen LogP contribution in [0.1, 0.15) is 20.7 Å². The molecule has 0 atom stereocenters. The summed E-state index contributed by atoms with van der Waals surface area (Å²) in [5.74, 6) is -1.32. The van der Waals surface area contributed by atoms with Gasteiger partial charge in [0.1, 0.15) is 5.03 Å². The third-order valence-corrected chi connectivity index (χ3v) is 4.04. The molecule has 5 nitrogen and oxygen atoms in total.